The van der Waals surface area contributed by atoms with Crippen LogP contribution in [0.1, 0.15) is 85.8 Å². The first-order valence-electron chi connectivity index (χ1n) is 13.3. The molecule has 2 aliphatic rings. The van der Waals surface area contributed by atoms with Crippen molar-refractivity contribution in [3.8, 4) is 0 Å². The lowest BCUT2D eigenvalue weighted by atomic mass is 9.71. The summed E-state index contributed by atoms with van der Waals surface area (Å²) < 4.78 is 12.0. The van der Waals surface area contributed by atoms with E-state index in [1.165, 1.54) is 0 Å². The Kier molecular flexibility index (Phi) is 9.12. The van der Waals surface area contributed by atoms with Gasteiger partial charge >= 0.3 is 5.97 Å². The maximum atomic E-state index is 13.4. The van der Waals surface area contributed by atoms with Crippen molar-refractivity contribution in [3.63, 3.8) is 0 Å². The fraction of sp³-hybridized carbons (Fsp3) is 0.690. The third-order valence-corrected chi connectivity index (χ3v) is 8.24. The molecule has 2 saturated heterocycles. The van der Waals surface area contributed by atoms with Crippen LogP contribution in [0.5, 0.6) is 0 Å². The number of carbonyl (C=O) groups is 2. The second kappa shape index (κ2) is 11.5. The van der Waals surface area contributed by atoms with Crippen LogP contribution in [0.15, 0.2) is 30.0 Å². The van der Waals surface area contributed by atoms with E-state index in [0.717, 1.165) is 30.5 Å². The first-order chi connectivity index (χ1) is 16.9. The van der Waals surface area contributed by atoms with E-state index in [1.807, 2.05) is 45.0 Å². The van der Waals surface area contributed by atoms with Crippen molar-refractivity contribution in [2.45, 2.75) is 110 Å². The number of epoxide rings is 1. The number of esters is 1. The van der Waals surface area contributed by atoms with Crippen molar-refractivity contribution in [1.82, 2.24) is 4.98 Å². The van der Waals surface area contributed by atoms with Crippen LogP contribution in [-0.2, 0) is 19.1 Å². The van der Waals surface area contributed by atoms with Crippen molar-refractivity contribution >= 4 is 17.8 Å². The zero-order chi connectivity index (χ0) is 26.7. The summed E-state index contributed by atoms with van der Waals surface area (Å²) in [6.45, 7) is 11.1. The van der Waals surface area contributed by atoms with Crippen LogP contribution >= 0.6 is 0 Å². The molecule has 2 N–H and O–H groups in total. The number of aliphatic hydroxyl groups excluding tert-OH is 2. The van der Waals surface area contributed by atoms with Crippen LogP contribution < -0.4 is 0 Å². The SMILES string of the molecule is CCC1C(=O)C(C)(C)C(O)CC(=O)OC(C(C)=Cc2ccccn2)CC2OC2(C)CCCC(C)C1O. The van der Waals surface area contributed by atoms with Gasteiger partial charge in [-0.25, -0.2) is 0 Å². The lowest BCUT2D eigenvalue weighted by molar-refractivity contribution is -0.154. The predicted molar refractivity (Wildman–Crippen MR) is 138 cm³/mol. The minimum atomic E-state index is -1.23. The molecule has 200 valence electrons. The molecule has 2 aliphatic heterocycles. The molecule has 1 aromatic rings. The molecule has 7 atom stereocenters. The van der Waals surface area contributed by atoms with Crippen molar-refractivity contribution in [1.29, 1.82) is 0 Å². The number of ether oxygens (including phenoxy) is 2. The third kappa shape index (κ3) is 6.61. The van der Waals surface area contributed by atoms with Gasteiger partial charge < -0.3 is 19.7 Å². The van der Waals surface area contributed by atoms with E-state index in [2.05, 4.69) is 11.9 Å². The van der Waals surface area contributed by atoms with Crippen LogP contribution in [-0.4, -0.2) is 57.0 Å². The standard InChI is InChI=1S/C29H43NO6/c1-7-21-26(33)18(2)11-10-13-29(6)24(36-29)16-22(19(3)15-20-12-8-9-14-30-20)35-25(32)17-23(31)28(4,5)27(21)34/h8-9,12,14-15,18,21-24,26,31,33H,7,10-11,13,16-17H2,1-6H3. The molecule has 0 spiro atoms. The van der Waals surface area contributed by atoms with Gasteiger partial charge in [0.2, 0.25) is 0 Å². The Hall–Kier alpha value is -2.09. The van der Waals surface area contributed by atoms with E-state index in [4.69, 9.17) is 9.47 Å². The Bertz CT molecular complexity index is 944. The Morgan fingerprint density at radius 1 is 1.22 bits per heavy atom. The lowest BCUT2D eigenvalue weighted by Crippen LogP contribution is -2.46. The summed E-state index contributed by atoms with van der Waals surface area (Å²) in [5.41, 5.74) is 0.0968. The highest BCUT2D eigenvalue weighted by atomic mass is 16.6. The van der Waals surface area contributed by atoms with Crippen LogP contribution in [0, 0.1) is 17.3 Å². The van der Waals surface area contributed by atoms with Gasteiger partial charge in [0.15, 0.2) is 0 Å². The van der Waals surface area contributed by atoms with Crippen LogP contribution in [0.3, 0.4) is 0 Å². The molecule has 7 unspecified atom stereocenters. The first kappa shape index (κ1) is 28.5. The second-order valence-electron chi connectivity index (χ2n) is 11.5. The number of fused-ring (bicyclic) bond motifs is 1. The number of ketones is 1. The van der Waals surface area contributed by atoms with Crippen LogP contribution in [0.4, 0.5) is 0 Å². The van der Waals surface area contributed by atoms with E-state index >= 15 is 0 Å². The molecule has 0 saturated carbocycles. The summed E-state index contributed by atoms with van der Waals surface area (Å²) in [7, 11) is 0. The summed E-state index contributed by atoms with van der Waals surface area (Å²) >= 11 is 0. The van der Waals surface area contributed by atoms with E-state index < -0.39 is 35.6 Å². The normalized spacial score (nSPS) is 36.6. The predicted octanol–water partition coefficient (Wildman–Crippen LogP) is 4.50. The van der Waals surface area contributed by atoms with Gasteiger partial charge in [-0.05, 0) is 62.8 Å². The van der Waals surface area contributed by atoms with E-state index in [-0.39, 0.29) is 29.8 Å². The zero-order valence-corrected chi connectivity index (χ0v) is 22.6. The largest absolute Gasteiger partial charge is 0.458 e. The molecule has 1 aromatic heterocycles. The lowest BCUT2D eigenvalue weighted by Gasteiger charge is -2.35. The Labute approximate surface area is 215 Å². The van der Waals surface area contributed by atoms with E-state index in [9.17, 15) is 19.8 Å². The summed E-state index contributed by atoms with van der Waals surface area (Å²) in [6.07, 6.45) is 4.11. The number of nitrogens with zero attached hydrogens (tertiary/aromatic N) is 1. The van der Waals surface area contributed by atoms with Crippen molar-refractivity contribution in [3.05, 3.63) is 35.7 Å². The quantitative estimate of drug-likeness (QED) is 0.464. The van der Waals surface area contributed by atoms with Gasteiger partial charge in [-0.3, -0.25) is 14.6 Å². The van der Waals surface area contributed by atoms with Crippen LogP contribution in [0.25, 0.3) is 6.08 Å². The molecule has 3 rings (SSSR count). The number of carbonyl (C=O) groups excluding carboxylic acids is 2. The smallest absolute Gasteiger partial charge is 0.309 e. The van der Waals surface area contributed by atoms with E-state index in [0.29, 0.717) is 12.8 Å². The van der Waals surface area contributed by atoms with Gasteiger partial charge in [0.1, 0.15) is 11.9 Å². The number of Topliss-reactive ketones (excluding diaryl/α,β-unsaturated/α-hetero) is 1. The highest BCUT2D eigenvalue weighted by Crippen LogP contribution is 2.45. The number of cyclic esters (lactones) is 1. The van der Waals surface area contributed by atoms with E-state index in [1.54, 1.807) is 20.0 Å². The zero-order valence-electron chi connectivity index (χ0n) is 22.6. The number of aliphatic hydroxyl groups is 2. The van der Waals surface area contributed by atoms with Gasteiger partial charge in [0.25, 0.3) is 0 Å². The monoisotopic (exact) mass is 501 g/mol. The topological polar surface area (TPSA) is 109 Å². The highest BCUT2D eigenvalue weighted by Gasteiger charge is 2.53. The molecule has 0 aromatic carbocycles. The Balaban J connectivity index is 1.87. The molecule has 3 heterocycles. The van der Waals surface area contributed by atoms with Crippen LogP contribution in [0.2, 0.25) is 0 Å². The number of hydrogen-bond acceptors (Lipinski definition) is 7. The number of rotatable bonds is 3. The summed E-state index contributed by atoms with van der Waals surface area (Å²) in [4.78, 5) is 30.8. The maximum absolute atomic E-state index is 13.4. The Morgan fingerprint density at radius 2 is 1.94 bits per heavy atom. The summed E-state index contributed by atoms with van der Waals surface area (Å²) in [6, 6.07) is 5.63. The fourth-order valence-corrected chi connectivity index (χ4v) is 5.30. The van der Waals surface area contributed by atoms with Crippen molar-refractivity contribution < 1.29 is 29.3 Å². The molecule has 7 heteroatoms. The molecule has 36 heavy (non-hydrogen) atoms. The fourth-order valence-electron chi connectivity index (χ4n) is 5.30. The Morgan fingerprint density at radius 3 is 2.58 bits per heavy atom. The molecule has 0 radical (unpaired) electrons. The minimum absolute atomic E-state index is 0.0538. The maximum Gasteiger partial charge on any atom is 0.309 e. The number of aromatic nitrogens is 1. The molecule has 2 fully saturated rings. The second-order valence-corrected chi connectivity index (χ2v) is 11.5. The molecule has 0 amide bonds. The third-order valence-electron chi connectivity index (χ3n) is 8.24. The van der Waals surface area contributed by atoms with Gasteiger partial charge in [-0.1, -0.05) is 40.2 Å². The van der Waals surface area contributed by atoms with Gasteiger partial charge in [-0.15, -0.1) is 0 Å². The number of hydrogen-bond donors (Lipinski definition) is 2. The summed E-state index contributed by atoms with van der Waals surface area (Å²) in [5.74, 6) is -1.47. The summed E-state index contributed by atoms with van der Waals surface area (Å²) in [5, 5.41) is 22.0. The molecular weight excluding hydrogens is 458 g/mol. The highest BCUT2D eigenvalue weighted by molar-refractivity contribution is 5.88. The van der Waals surface area contributed by atoms with Crippen molar-refractivity contribution in [2.75, 3.05) is 0 Å². The average Bonchev–Trinajstić information content (AvgIpc) is 3.47. The van der Waals surface area contributed by atoms with Gasteiger partial charge in [0, 0.05) is 18.5 Å². The van der Waals surface area contributed by atoms with Crippen molar-refractivity contribution in [2.24, 2.45) is 17.3 Å². The van der Waals surface area contributed by atoms with Gasteiger partial charge in [0.05, 0.1) is 41.4 Å². The first-order valence-corrected chi connectivity index (χ1v) is 13.3. The average molecular weight is 502 g/mol. The van der Waals surface area contributed by atoms with Gasteiger partial charge in [-0.2, -0.15) is 0 Å². The molecule has 7 nitrogen and oxygen atoms in total. The molecule has 0 aliphatic carbocycles. The number of pyridine rings is 1. The molecule has 0 bridgehead atoms. The minimum Gasteiger partial charge on any atom is -0.458 e. The molecular formula is C29H43NO6.